The summed E-state index contributed by atoms with van der Waals surface area (Å²) in [6.45, 7) is -0.613. The lowest BCUT2D eigenvalue weighted by atomic mass is 10.1. The number of hydrogen-bond acceptors (Lipinski definition) is 9. The minimum atomic E-state index is -1.84. The zero-order chi connectivity index (χ0) is 18.3. The van der Waals surface area contributed by atoms with E-state index in [1.807, 2.05) is 0 Å². The molecule has 0 fully saturated rings. The molecule has 9 nitrogen and oxygen atoms in total. The zero-order valence-electron chi connectivity index (χ0n) is 12.9. The largest absolute Gasteiger partial charge is 0.506 e. The summed E-state index contributed by atoms with van der Waals surface area (Å²) in [5, 5.41) is 77.4. The van der Waals surface area contributed by atoms with Crippen LogP contribution < -0.4 is 5.32 Å². The molecule has 0 bridgehead atoms. The number of phenolic OH excluding ortho intramolecular Hbond substituents is 2. The van der Waals surface area contributed by atoms with Crippen molar-refractivity contribution < 1.29 is 40.9 Å². The molecule has 1 rings (SSSR count). The minimum Gasteiger partial charge on any atom is -0.506 e. The summed E-state index contributed by atoms with van der Waals surface area (Å²) in [5.74, 6) is -2.49. The van der Waals surface area contributed by atoms with E-state index in [-0.39, 0.29) is 18.0 Å². The fraction of sp³-hybridized carbons (Fsp3) is 0.467. The molecule has 3 unspecified atom stereocenters. The summed E-state index contributed by atoms with van der Waals surface area (Å²) < 4.78 is 0. The SMILES string of the molecule is OCC(O)/C(O)=C(\O)C(O)C(O)CNCCc1ccc(O)c(O)c1. The smallest absolute Gasteiger partial charge is 0.164 e. The highest BCUT2D eigenvalue weighted by atomic mass is 16.4. The second kappa shape index (κ2) is 9.30. The molecule has 1 aromatic carbocycles. The molecule has 3 atom stereocenters. The van der Waals surface area contributed by atoms with Gasteiger partial charge in [-0.25, -0.2) is 0 Å². The zero-order valence-corrected chi connectivity index (χ0v) is 12.9. The maximum Gasteiger partial charge on any atom is 0.164 e. The van der Waals surface area contributed by atoms with Crippen LogP contribution in [0.1, 0.15) is 5.56 Å². The summed E-state index contributed by atoms with van der Waals surface area (Å²) in [4.78, 5) is 0. The van der Waals surface area contributed by atoms with Gasteiger partial charge in [-0.15, -0.1) is 0 Å². The molecule has 0 aromatic heterocycles. The van der Waals surface area contributed by atoms with Crippen molar-refractivity contribution in [2.75, 3.05) is 19.7 Å². The van der Waals surface area contributed by atoms with Gasteiger partial charge in [-0.3, -0.25) is 0 Å². The monoisotopic (exact) mass is 345 g/mol. The minimum absolute atomic E-state index is 0.127. The predicted octanol–water partition coefficient (Wildman–Crippen LogP) is -1.37. The molecule has 24 heavy (non-hydrogen) atoms. The third kappa shape index (κ3) is 5.55. The quantitative estimate of drug-likeness (QED) is 0.149. The van der Waals surface area contributed by atoms with E-state index in [9.17, 15) is 30.6 Å². The van der Waals surface area contributed by atoms with Gasteiger partial charge < -0.3 is 46.2 Å². The van der Waals surface area contributed by atoms with Gasteiger partial charge in [0.2, 0.25) is 0 Å². The van der Waals surface area contributed by atoms with Gasteiger partial charge >= 0.3 is 0 Å². The van der Waals surface area contributed by atoms with E-state index in [1.54, 1.807) is 6.07 Å². The predicted molar refractivity (Wildman–Crippen MR) is 83.7 cm³/mol. The van der Waals surface area contributed by atoms with Gasteiger partial charge in [0.1, 0.15) is 12.2 Å². The van der Waals surface area contributed by atoms with Crippen LogP contribution in [-0.2, 0) is 6.42 Å². The molecular weight excluding hydrogens is 322 g/mol. The van der Waals surface area contributed by atoms with Crippen LogP contribution >= 0.6 is 0 Å². The second-order valence-electron chi connectivity index (χ2n) is 5.26. The van der Waals surface area contributed by atoms with Crippen LogP contribution in [0.4, 0.5) is 0 Å². The van der Waals surface area contributed by atoms with Crippen molar-refractivity contribution in [1.82, 2.24) is 5.32 Å². The average molecular weight is 345 g/mol. The number of aliphatic hydroxyl groups excluding tert-OH is 6. The molecule has 1 aromatic rings. The summed E-state index contributed by atoms with van der Waals surface area (Å²) in [6.07, 6.45) is -4.59. The van der Waals surface area contributed by atoms with Crippen molar-refractivity contribution >= 4 is 0 Å². The van der Waals surface area contributed by atoms with Gasteiger partial charge in [-0.2, -0.15) is 0 Å². The molecule has 9 N–H and O–H groups in total. The Kier molecular flexibility index (Phi) is 7.75. The van der Waals surface area contributed by atoms with E-state index in [1.165, 1.54) is 12.1 Å². The molecule has 0 saturated carbocycles. The Hall–Kier alpha value is -2.04. The maximum absolute atomic E-state index is 9.73. The Morgan fingerprint density at radius 3 is 2.25 bits per heavy atom. The Balaban J connectivity index is 2.45. The van der Waals surface area contributed by atoms with Crippen LogP contribution in [0.3, 0.4) is 0 Å². The van der Waals surface area contributed by atoms with Crippen molar-refractivity contribution in [2.24, 2.45) is 0 Å². The van der Waals surface area contributed by atoms with E-state index in [0.717, 1.165) is 5.56 Å². The van der Waals surface area contributed by atoms with Crippen LogP contribution in [0.25, 0.3) is 0 Å². The molecule has 0 spiro atoms. The van der Waals surface area contributed by atoms with Crippen molar-refractivity contribution in [3.63, 3.8) is 0 Å². The van der Waals surface area contributed by atoms with Crippen LogP contribution in [0.2, 0.25) is 0 Å². The average Bonchev–Trinajstić information content (AvgIpc) is 2.58. The van der Waals surface area contributed by atoms with E-state index in [2.05, 4.69) is 5.32 Å². The Bertz CT molecular complexity index is 562. The highest BCUT2D eigenvalue weighted by Crippen LogP contribution is 2.24. The number of hydrogen-bond donors (Lipinski definition) is 9. The number of aliphatic hydroxyl groups is 6. The molecule has 0 saturated heterocycles. The Labute approximate surface area is 138 Å². The van der Waals surface area contributed by atoms with Gasteiger partial charge in [-0.1, -0.05) is 6.07 Å². The number of rotatable bonds is 9. The number of nitrogens with one attached hydrogen (secondary N) is 1. The number of aromatic hydroxyl groups is 2. The van der Waals surface area contributed by atoms with Crippen LogP contribution in [0.15, 0.2) is 29.7 Å². The van der Waals surface area contributed by atoms with Gasteiger partial charge in [0.15, 0.2) is 23.0 Å². The van der Waals surface area contributed by atoms with Crippen LogP contribution in [0.5, 0.6) is 11.5 Å². The molecule has 9 heteroatoms. The maximum atomic E-state index is 9.73. The van der Waals surface area contributed by atoms with E-state index >= 15 is 0 Å². The molecule has 0 amide bonds. The van der Waals surface area contributed by atoms with E-state index in [0.29, 0.717) is 13.0 Å². The Morgan fingerprint density at radius 2 is 1.67 bits per heavy atom. The van der Waals surface area contributed by atoms with Gasteiger partial charge in [-0.05, 0) is 30.7 Å². The van der Waals surface area contributed by atoms with Crippen molar-refractivity contribution in [1.29, 1.82) is 0 Å². The summed E-state index contributed by atoms with van der Waals surface area (Å²) >= 11 is 0. The fourth-order valence-corrected chi connectivity index (χ4v) is 1.91. The second-order valence-corrected chi connectivity index (χ2v) is 5.26. The lowest BCUT2D eigenvalue weighted by Crippen LogP contribution is -2.39. The van der Waals surface area contributed by atoms with Crippen molar-refractivity contribution in [3.05, 3.63) is 35.3 Å². The first-order chi connectivity index (χ1) is 11.3. The van der Waals surface area contributed by atoms with Crippen molar-refractivity contribution in [3.8, 4) is 11.5 Å². The standard InChI is InChI=1S/C15H23NO8/c17-7-12(21)14(23)15(24)13(22)11(20)6-16-4-3-8-1-2-9(18)10(19)5-8/h1-2,5,11-13,16-24H,3-4,6-7H2/b15-14+. The van der Waals surface area contributed by atoms with Gasteiger partial charge in [0.25, 0.3) is 0 Å². The Morgan fingerprint density at radius 1 is 1.00 bits per heavy atom. The summed E-state index contributed by atoms with van der Waals surface area (Å²) in [7, 11) is 0. The highest BCUT2D eigenvalue weighted by Gasteiger charge is 2.26. The molecule has 0 aliphatic rings. The summed E-state index contributed by atoms with van der Waals surface area (Å²) in [6, 6.07) is 4.36. The van der Waals surface area contributed by atoms with E-state index in [4.69, 9.17) is 10.2 Å². The fourth-order valence-electron chi connectivity index (χ4n) is 1.91. The lowest BCUT2D eigenvalue weighted by Gasteiger charge is -2.19. The van der Waals surface area contributed by atoms with E-state index < -0.39 is 36.4 Å². The number of benzene rings is 1. The molecule has 0 radical (unpaired) electrons. The molecule has 0 aliphatic heterocycles. The first-order valence-electron chi connectivity index (χ1n) is 7.26. The summed E-state index contributed by atoms with van der Waals surface area (Å²) in [5.41, 5.74) is 0.735. The first kappa shape index (κ1) is 20.0. The normalized spacial score (nSPS) is 16.3. The third-order valence-electron chi connectivity index (χ3n) is 3.38. The van der Waals surface area contributed by atoms with Crippen molar-refractivity contribution in [2.45, 2.75) is 24.7 Å². The molecule has 0 aliphatic carbocycles. The first-order valence-corrected chi connectivity index (χ1v) is 7.26. The third-order valence-corrected chi connectivity index (χ3v) is 3.38. The lowest BCUT2D eigenvalue weighted by molar-refractivity contribution is 0.00602. The number of phenols is 2. The topological polar surface area (TPSA) is 174 Å². The highest BCUT2D eigenvalue weighted by molar-refractivity contribution is 5.40. The molecule has 136 valence electrons. The van der Waals surface area contributed by atoms with Gasteiger partial charge in [0, 0.05) is 6.54 Å². The molecule has 0 heterocycles. The van der Waals surface area contributed by atoms with Gasteiger partial charge in [0.05, 0.1) is 12.7 Å². The van der Waals surface area contributed by atoms with Crippen LogP contribution in [0, 0.1) is 0 Å². The molecular formula is C15H23NO8. The van der Waals surface area contributed by atoms with Crippen LogP contribution in [-0.4, -0.2) is 78.9 Å².